The number of hydrogen-bond acceptors (Lipinski definition) is 7. The highest BCUT2D eigenvalue weighted by Gasteiger charge is 2.29. The molecule has 2 N–H and O–H groups in total. The fourth-order valence-corrected chi connectivity index (χ4v) is 1.53. The Hall–Kier alpha value is -2.84. The molecule has 20 heavy (non-hydrogen) atoms. The molecule has 0 spiro atoms. The van der Waals surface area contributed by atoms with Crippen LogP contribution in [0, 0.1) is 10.1 Å². The van der Waals surface area contributed by atoms with Crippen molar-refractivity contribution in [1.29, 1.82) is 0 Å². The van der Waals surface area contributed by atoms with Crippen molar-refractivity contribution < 1.29 is 28.7 Å². The Morgan fingerprint density at radius 2 is 2.00 bits per heavy atom. The van der Waals surface area contributed by atoms with Crippen LogP contribution < -0.4 is 15.2 Å². The number of fused-ring (bicyclic) bond motifs is 1. The van der Waals surface area contributed by atoms with E-state index in [0.29, 0.717) is 0 Å². The number of rotatable bonds is 4. The first kappa shape index (κ1) is 13.6. The Morgan fingerprint density at radius 3 is 2.55 bits per heavy atom. The van der Waals surface area contributed by atoms with Crippen LogP contribution in [0.2, 0.25) is 0 Å². The van der Waals surface area contributed by atoms with Gasteiger partial charge in [0.1, 0.15) is 5.56 Å². The molecule has 106 valence electrons. The zero-order chi connectivity index (χ0) is 14.9. The molecule has 0 radical (unpaired) electrons. The van der Waals surface area contributed by atoms with Crippen molar-refractivity contribution >= 4 is 17.6 Å². The van der Waals surface area contributed by atoms with E-state index in [4.69, 9.17) is 19.9 Å². The highest BCUT2D eigenvalue weighted by atomic mass is 16.7. The standard InChI is InChI=1S/C11H10N2O7/c1-5(10(12)14)20-11(15)6-2-8-9(19-4-18-8)3-7(6)13(16)17/h2-3,5H,4H2,1H3,(H2,12,14). The summed E-state index contributed by atoms with van der Waals surface area (Å²) < 4.78 is 14.8. The molecule has 1 unspecified atom stereocenters. The number of hydrogen-bond donors (Lipinski definition) is 1. The highest BCUT2D eigenvalue weighted by molar-refractivity contribution is 5.96. The van der Waals surface area contributed by atoms with Crippen LogP contribution in [0.25, 0.3) is 0 Å². The number of nitro benzene ring substituents is 1. The lowest BCUT2D eigenvalue weighted by atomic mass is 10.1. The number of nitrogens with zero attached hydrogens (tertiary/aromatic N) is 1. The van der Waals surface area contributed by atoms with E-state index in [9.17, 15) is 19.7 Å². The number of primary amides is 1. The normalized spacial score (nSPS) is 13.7. The number of nitrogens with two attached hydrogens (primary N) is 1. The number of benzene rings is 1. The van der Waals surface area contributed by atoms with Gasteiger partial charge in [-0.2, -0.15) is 0 Å². The summed E-state index contributed by atoms with van der Waals surface area (Å²) in [5.41, 5.74) is 4.11. The molecule has 1 aliphatic heterocycles. The number of nitro groups is 1. The van der Waals surface area contributed by atoms with Crippen LogP contribution in [-0.2, 0) is 9.53 Å². The SMILES string of the molecule is CC(OC(=O)c1cc2c(cc1[N+](=O)[O-])OCO2)C(N)=O. The summed E-state index contributed by atoms with van der Waals surface area (Å²) in [7, 11) is 0. The second-order valence-electron chi connectivity index (χ2n) is 3.93. The van der Waals surface area contributed by atoms with E-state index in [2.05, 4.69) is 0 Å². The quantitative estimate of drug-likeness (QED) is 0.479. The van der Waals surface area contributed by atoms with E-state index in [0.717, 1.165) is 12.1 Å². The minimum absolute atomic E-state index is 0.0946. The van der Waals surface area contributed by atoms with Crippen LogP contribution in [0.3, 0.4) is 0 Å². The Labute approximate surface area is 112 Å². The van der Waals surface area contributed by atoms with Crippen LogP contribution in [0.5, 0.6) is 11.5 Å². The predicted octanol–water partition coefficient (Wildman–Crippen LogP) is 0.354. The summed E-state index contributed by atoms with van der Waals surface area (Å²) in [6.07, 6.45) is -1.20. The summed E-state index contributed by atoms with van der Waals surface area (Å²) in [6.45, 7) is 1.17. The monoisotopic (exact) mass is 282 g/mol. The van der Waals surface area contributed by atoms with Crippen molar-refractivity contribution in [1.82, 2.24) is 0 Å². The lowest BCUT2D eigenvalue weighted by Crippen LogP contribution is -2.30. The minimum atomic E-state index is -1.20. The Balaban J connectivity index is 2.37. The summed E-state index contributed by atoms with van der Waals surface area (Å²) in [5, 5.41) is 11.0. The predicted molar refractivity (Wildman–Crippen MR) is 63.3 cm³/mol. The van der Waals surface area contributed by atoms with Gasteiger partial charge in [-0.25, -0.2) is 4.79 Å². The van der Waals surface area contributed by atoms with Crippen molar-refractivity contribution in [2.75, 3.05) is 6.79 Å². The molecule has 1 aromatic rings. The zero-order valence-corrected chi connectivity index (χ0v) is 10.3. The van der Waals surface area contributed by atoms with E-state index in [1.165, 1.54) is 6.92 Å². The number of ether oxygens (including phenoxy) is 3. The molecular weight excluding hydrogens is 272 g/mol. The topological polar surface area (TPSA) is 131 Å². The maximum Gasteiger partial charge on any atom is 0.346 e. The molecule has 0 aromatic heterocycles. The van der Waals surface area contributed by atoms with Crippen LogP contribution in [0.15, 0.2) is 12.1 Å². The van der Waals surface area contributed by atoms with Crippen LogP contribution in [0.4, 0.5) is 5.69 Å². The Bertz CT molecular complexity index is 599. The largest absolute Gasteiger partial charge is 0.454 e. The number of esters is 1. The Morgan fingerprint density at radius 1 is 1.40 bits per heavy atom. The van der Waals surface area contributed by atoms with Crippen molar-refractivity contribution in [3.63, 3.8) is 0 Å². The molecule has 0 fully saturated rings. The molecule has 1 atom stereocenters. The maximum absolute atomic E-state index is 11.9. The second kappa shape index (κ2) is 5.03. The first-order valence-electron chi connectivity index (χ1n) is 5.48. The summed E-state index contributed by atoms with van der Waals surface area (Å²) >= 11 is 0. The van der Waals surface area contributed by atoms with Gasteiger partial charge in [-0.05, 0) is 6.92 Å². The molecule has 0 aliphatic carbocycles. The highest BCUT2D eigenvalue weighted by Crippen LogP contribution is 2.38. The summed E-state index contributed by atoms with van der Waals surface area (Å²) in [5.74, 6) is -1.55. The van der Waals surface area contributed by atoms with Crippen LogP contribution in [0.1, 0.15) is 17.3 Å². The molecule has 0 saturated carbocycles. The molecule has 0 bridgehead atoms. The van der Waals surface area contributed by atoms with E-state index < -0.39 is 28.6 Å². The van der Waals surface area contributed by atoms with Crippen molar-refractivity contribution in [2.45, 2.75) is 13.0 Å². The molecule has 1 heterocycles. The van der Waals surface area contributed by atoms with Gasteiger partial charge in [0.15, 0.2) is 17.6 Å². The van der Waals surface area contributed by atoms with Gasteiger partial charge < -0.3 is 19.9 Å². The average molecular weight is 282 g/mol. The van der Waals surface area contributed by atoms with Gasteiger partial charge in [-0.3, -0.25) is 14.9 Å². The third-order valence-corrected chi connectivity index (χ3v) is 2.59. The fraction of sp³-hybridized carbons (Fsp3) is 0.273. The first-order chi connectivity index (χ1) is 9.40. The van der Waals surface area contributed by atoms with E-state index in [1.54, 1.807) is 0 Å². The average Bonchev–Trinajstić information content (AvgIpc) is 2.83. The third kappa shape index (κ3) is 2.46. The molecule has 1 amide bonds. The van der Waals surface area contributed by atoms with Crippen molar-refractivity contribution in [3.8, 4) is 11.5 Å². The summed E-state index contributed by atoms with van der Waals surface area (Å²) in [4.78, 5) is 32.9. The van der Waals surface area contributed by atoms with Crippen LogP contribution in [-0.4, -0.2) is 29.7 Å². The first-order valence-corrected chi connectivity index (χ1v) is 5.48. The fourth-order valence-electron chi connectivity index (χ4n) is 1.53. The molecular formula is C11H10N2O7. The third-order valence-electron chi connectivity index (χ3n) is 2.59. The minimum Gasteiger partial charge on any atom is -0.454 e. The molecule has 1 aliphatic rings. The zero-order valence-electron chi connectivity index (χ0n) is 10.3. The van der Waals surface area contributed by atoms with Gasteiger partial charge in [-0.15, -0.1) is 0 Å². The van der Waals surface area contributed by atoms with E-state index in [-0.39, 0.29) is 23.9 Å². The van der Waals surface area contributed by atoms with Gasteiger partial charge in [-0.1, -0.05) is 0 Å². The van der Waals surface area contributed by atoms with Crippen molar-refractivity contribution in [2.24, 2.45) is 5.73 Å². The van der Waals surface area contributed by atoms with Gasteiger partial charge in [0.2, 0.25) is 6.79 Å². The molecule has 9 heteroatoms. The molecule has 2 rings (SSSR count). The van der Waals surface area contributed by atoms with Gasteiger partial charge in [0.25, 0.3) is 11.6 Å². The van der Waals surface area contributed by atoms with E-state index in [1.807, 2.05) is 0 Å². The number of carbonyl (C=O) groups is 2. The summed E-state index contributed by atoms with van der Waals surface area (Å²) in [6, 6.07) is 2.20. The van der Waals surface area contributed by atoms with E-state index >= 15 is 0 Å². The van der Waals surface area contributed by atoms with Gasteiger partial charge in [0, 0.05) is 6.07 Å². The second-order valence-corrected chi connectivity index (χ2v) is 3.93. The lowest BCUT2D eigenvalue weighted by molar-refractivity contribution is -0.385. The number of carbonyl (C=O) groups excluding carboxylic acids is 2. The lowest BCUT2D eigenvalue weighted by Gasteiger charge is -2.10. The van der Waals surface area contributed by atoms with Gasteiger partial charge in [0.05, 0.1) is 11.0 Å². The number of amides is 1. The molecule has 0 saturated heterocycles. The molecule has 1 aromatic carbocycles. The smallest absolute Gasteiger partial charge is 0.346 e. The Kier molecular flexibility index (Phi) is 3.42. The van der Waals surface area contributed by atoms with Crippen molar-refractivity contribution in [3.05, 3.63) is 27.8 Å². The maximum atomic E-state index is 11.9. The molecule has 9 nitrogen and oxygen atoms in total. The van der Waals surface area contributed by atoms with Crippen LogP contribution >= 0.6 is 0 Å². The van der Waals surface area contributed by atoms with Gasteiger partial charge >= 0.3 is 5.97 Å².